The average molecular weight is 457 g/mol. The summed E-state index contributed by atoms with van der Waals surface area (Å²) in [5.41, 5.74) is 5.23. The zero-order valence-corrected chi connectivity index (χ0v) is 18.5. The minimum atomic E-state index is -0.865. The molecule has 2 aromatic heterocycles. The van der Waals surface area contributed by atoms with Gasteiger partial charge >= 0.3 is 5.97 Å². The van der Waals surface area contributed by atoms with Gasteiger partial charge in [-0.3, -0.25) is 4.79 Å². The van der Waals surface area contributed by atoms with Gasteiger partial charge in [0, 0.05) is 33.4 Å². The molecule has 32 heavy (non-hydrogen) atoms. The standard InChI is InChI=1S/C26H17ClN2O2S/c27-20-6-8-25-23(11-20)19(15-32-25)14-29-13-18(10-26(30)31)22-7-5-16(9-24(22)29)21-4-2-1-3-17(21)12-28/h1-9,11,13,15H,10,14H2,(H,30,31). The van der Waals surface area contributed by atoms with Gasteiger partial charge in [0.2, 0.25) is 0 Å². The second kappa shape index (κ2) is 8.16. The molecule has 0 saturated carbocycles. The summed E-state index contributed by atoms with van der Waals surface area (Å²) in [6.45, 7) is 0.597. The molecule has 0 spiro atoms. The van der Waals surface area contributed by atoms with Crippen LogP contribution in [0.2, 0.25) is 5.02 Å². The van der Waals surface area contributed by atoms with E-state index in [2.05, 4.69) is 16.0 Å². The summed E-state index contributed by atoms with van der Waals surface area (Å²) in [6.07, 6.45) is 1.88. The summed E-state index contributed by atoms with van der Waals surface area (Å²) >= 11 is 7.90. The highest BCUT2D eigenvalue weighted by Crippen LogP contribution is 2.33. The molecule has 0 unspecified atom stereocenters. The third kappa shape index (κ3) is 3.64. The van der Waals surface area contributed by atoms with Gasteiger partial charge in [-0.25, -0.2) is 0 Å². The maximum Gasteiger partial charge on any atom is 0.307 e. The fourth-order valence-electron chi connectivity index (χ4n) is 4.16. The molecule has 0 amide bonds. The van der Waals surface area contributed by atoms with Crippen LogP contribution in [0.15, 0.2) is 72.2 Å². The third-order valence-electron chi connectivity index (χ3n) is 5.62. The Kier molecular flexibility index (Phi) is 5.18. The number of carboxylic acids is 1. The van der Waals surface area contributed by atoms with Crippen LogP contribution in [0.4, 0.5) is 0 Å². The number of carbonyl (C=O) groups is 1. The molecule has 5 rings (SSSR count). The number of rotatable bonds is 5. The molecule has 4 nitrogen and oxygen atoms in total. The normalized spacial score (nSPS) is 11.1. The molecule has 0 saturated heterocycles. The van der Waals surface area contributed by atoms with E-state index < -0.39 is 5.97 Å². The zero-order valence-electron chi connectivity index (χ0n) is 16.9. The number of thiophene rings is 1. The summed E-state index contributed by atoms with van der Waals surface area (Å²) in [7, 11) is 0. The number of benzene rings is 3. The number of aromatic nitrogens is 1. The van der Waals surface area contributed by atoms with E-state index in [-0.39, 0.29) is 6.42 Å². The van der Waals surface area contributed by atoms with E-state index in [4.69, 9.17) is 11.6 Å². The van der Waals surface area contributed by atoms with Crippen LogP contribution in [-0.2, 0) is 17.8 Å². The zero-order chi connectivity index (χ0) is 22.2. The van der Waals surface area contributed by atoms with Gasteiger partial charge in [-0.2, -0.15) is 5.26 Å². The van der Waals surface area contributed by atoms with Gasteiger partial charge < -0.3 is 9.67 Å². The highest BCUT2D eigenvalue weighted by molar-refractivity contribution is 7.17. The Hall–Kier alpha value is -3.59. The smallest absolute Gasteiger partial charge is 0.307 e. The molecule has 6 heteroatoms. The first kappa shape index (κ1) is 20.3. The predicted molar refractivity (Wildman–Crippen MR) is 129 cm³/mol. The molecule has 0 atom stereocenters. The second-order valence-electron chi connectivity index (χ2n) is 7.64. The van der Waals surface area contributed by atoms with Gasteiger partial charge in [-0.1, -0.05) is 41.9 Å². The van der Waals surface area contributed by atoms with E-state index >= 15 is 0 Å². The predicted octanol–water partition coefficient (Wildman–Crippen LogP) is 6.72. The van der Waals surface area contributed by atoms with Gasteiger partial charge in [0.15, 0.2) is 0 Å². The highest BCUT2D eigenvalue weighted by atomic mass is 35.5. The molecule has 2 heterocycles. The van der Waals surface area contributed by atoms with Crippen molar-refractivity contribution in [1.29, 1.82) is 5.26 Å². The molecule has 0 fully saturated rings. The van der Waals surface area contributed by atoms with E-state index in [1.54, 1.807) is 17.4 Å². The van der Waals surface area contributed by atoms with Crippen LogP contribution in [0, 0.1) is 11.3 Å². The van der Waals surface area contributed by atoms with Crippen LogP contribution in [0.5, 0.6) is 0 Å². The third-order valence-corrected chi connectivity index (χ3v) is 6.87. The fraction of sp³-hybridized carbons (Fsp3) is 0.0769. The quantitative estimate of drug-likeness (QED) is 0.319. The van der Waals surface area contributed by atoms with E-state index in [1.165, 1.54) is 0 Å². The monoisotopic (exact) mass is 456 g/mol. The van der Waals surface area contributed by atoms with Gasteiger partial charge in [0.05, 0.1) is 18.1 Å². The van der Waals surface area contributed by atoms with Crippen molar-refractivity contribution in [3.05, 3.63) is 94.0 Å². The SMILES string of the molecule is N#Cc1ccccc1-c1ccc2c(CC(=O)O)cn(Cc3csc4ccc(Cl)cc34)c2c1. The molecule has 0 radical (unpaired) electrons. The molecule has 0 aliphatic carbocycles. The lowest BCUT2D eigenvalue weighted by Crippen LogP contribution is -2.00. The lowest BCUT2D eigenvalue weighted by Gasteiger charge is -2.08. The maximum atomic E-state index is 11.5. The average Bonchev–Trinajstić information content (AvgIpc) is 3.34. The lowest BCUT2D eigenvalue weighted by molar-refractivity contribution is -0.136. The fourth-order valence-corrected chi connectivity index (χ4v) is 5.27. The highest BCUT2D eigenvalue weighted by Gasteiger charge is 2.15. The number of nitriles is 1. The molecule has 0 aliphatic rings. The summed E-state index contributed by atoms with van der Waals surface area (Å²) in [5, 5.41) is 23.7. The van der Waals surface area contributed by atoms with Crippen molar-refractivity contribution >= 4 is 49.9 Å². The molecule has 3 aromatic carbocycles. The Balaban J connectivity index is 1.67. The minimum Gasteiger partial charge on any atom is -0.481 e. The lowest BCUT2D eigenvalue weighted by atomic mass is 9.98. The van der Waals surface area contributed by atoms with Crippen molar-refractivity contribution in [2.75, 3.05) is 0 Å². The van der Waals surface area contributed by atoms with Crippen molar-refractivity contribution in [1.82, 2.24) is 4.57 Å². The van der Waals surface area contributed by atoms with Crippen LogP contribution in [-0.4, -0.2) is 15.6 Å². The number of hydrogen-bond acceptors (Lipinski definition) is 3. The Morgan fingerprint density at radius 3 is 2.72 bits per heavy atom. The van der Waals surface area contributed by atoms with Gasteiger partial charge in [0.1, 0.15) is 0 Å². The first-order valence-corrected chi connectivity index (χ1v) is 11.3. The van der Waals surface area contributed by atoms with Crippen LogP contribution in [0.1, 0.15) is 16.7 Å². The van der Waals surface area contributed by atoms with Crippen LogP contribution in [0.3, 0.4) is 0 Å². The summed E-state index contributed by atoms with van der Waals surface area (Å²) in [6, 6.07) is 21.6. The maximum absolute atomic E-state index is 11.5. The van der Waals surface area contributed by atoms with Crippen molar-refractivity contribution in [2.24, 2.45) is 0 Å². The first-order valence-electron chi connectivity index (χ1n) is 10.0. The van der Waals surface area contributed by atoms with E-state index in [9.17, 15) is 15.2 Å². The van der Waals surface area contributed by atoms with E-state index in [0.29, 0.717) is 17.1 Å². The Morgan fingerprint density at radius 1 is 1.06 bits per heavy atom. The van der Waals surface area contributed by atoms with Crippen molar-refractivity contribution in [3.8, 4) is 17.2 Å². The molecule has 0 bridgehead atoms. The number of nitrogens with zero attached hydrogens (tertiary/aromatic N) is 2. The molecule has 1 N–H and O–H groups in total. The molecule has 5 aromatic rings. The van der Waals surface area contributed by atoms with Crippen molar-refractivity contribution < 1.29 is 9.90 Å². The topological polar surface area (TPSA) is 66.0 Å². The van der Waals surface area contributed by atoms with Crippen molar-refractivity contribution in [3.63, 3.8) is 0 Å². The number of carboxylic acid groups (broad SMARTS) is 1. The number of aliphatic carboxylic acids is 1. The van der Waals surface area contributed by atoms with Gasteiger partial charge in [0.25, 0.3) is 0 Å². The largest absolute Gasteiger partial charge is 0.481 e. The molecule has 0 aliphatic heterocycles. The summed E-state index contributed by atoms with van der Waals surface area (Å²) in [4.78, 5) is 11.5. The minimum absolute atomic E-state index is 0.0478. The van der Waals surface area contributed by atoms with Crippen LogP contribution < -0.4 is 0 Å². The Morgan fingerprint density at radius 2 is 1.91 bits per heavy atom. The Bertz CT molecular complexity index is 1540. The molecular formula is C26H17ClN2O2S. The number of fused-ring (bicyclic) bond motifs is 2. The van der Waals surface area contributed by atoms with Crippen LogP contribution in [0.25, 0.3) is 32.1 Å². The Labute approximate surface area is 193 Å². The van der Waals surface area contributed by atoms with E-state index in [0.717, 1.165) is 43.2 Å². The van der Waals surface area contributed by atoms with Crippen LogP contribution >= 0.6 is 22.9 Å². The van der Waals surface area contributed by atoms with Crippen molar-refractivity contribution in [2.45, 2.75) is 13.0 Å². The second-order valence-corrected chi connectivity index (χ2v) is 8.99. The van der Waals surface area contributed by atoms with Gasteiger partial charge in [-0.15, -0.1) is 11.3 Å². The van der Waals surface area contributed by atoms with E-state index in [1.807, 2.05) is 60.8 Å². The molecule has 156 valence electrons. The summed E-state index contributed by atoms with van der Waals surface area (Å²) < 4.78 is 3.25. The number of halogens is 1. The first-order chi connectivity index (χ1) is 15.5. The molecular weight excluding hydrogens is 440 g/mol. The summed E-state index contributed by atoms with van der Waals surface area (Å²) in [5.74, 6) is -0.865. The number of hydrogen-bond donors (Lipinski definition) is 1. The van der Waals surface area contributed by atoms with Gasteiger partial charge in [-0.05, 0) is 63.4 Å².